The highest BCUT2D eigenvalue weighted by Crippen LogP contribution is 2.60. The van der Waals surface area contributed by atoms with E-state index in [0.717, 1.165) is 5.56 Å². The maximum atomic E-state index is 11.0. The van der Waals surface area contributed by atoms with E-state index in [1.807, 2.05) is 23.2 Å². The first-order valence-corrected chi connectivity index (χ1v) is 7.12. The average Bonchev–Trinajstić information content (AvgIpc) is 2.47. The minimum Gasteiger partial charge on any atom is -0.477 e. The number of carboxylic acids is 1. The number of aromatic carboxylic acids is 1. The fourth-order valence-corrected chi connectivity index (χ4v) is 4.72. The van der Waals surface area contributed by atoms with Crippen molar-refractivity contribution in [1.82, 2.24) is 0 Å². The maximum Gasteiger partial charge on any atom is 0.346 e. The Morgan fingerprint density at radius 3 is 2.73 bits per heavy atom. The van der Waals surface area contributed by atoms with Crippen LogP contribution in [0.1, 0.15) is 34.0 Å². The van der Waals surface area contributed by atoms with Crippen molar-refractivity contribution in [2.75, 3.05) is 11.5 Å². The summed E-state index contributed by atoms with van der Waals surface area (Å²) in [4.78, 5) is 11.5. The van der Waals surface area contributed by atoms with Crippen LogP contribution in [-0.4, -0.2) is 22.6 Å². The number of thiophene rings is 1. The van der Waals surface area contributed by atoms with Crippen LogP contribution in [0.3, 0.4) is 0 Å². The zero-order valence-corrected chi connectivity index (χ0v) is 9.87. The van der Waals surface area contributed by atoms with Crippen molar-refractivity contribution in [2.24, 2.45) is 5.41 Å². The molecule has 0 aromatic carbocycles. The number of hydrogen-bond donors (Lipinski definition) is 1. The Morgan fingerprint density at radius 2 is 2.20 bits per heavy atom. The Kier molecular flexibility index (Phi) is 2.11. The smallest absolute Gasteiger partial charge is 0.346 e. The third kappa shape index (κ3) is 1.42. The summed E-state index contributed by atoms with van der Waals surface area (Å²) in [7, 11) is 0. The van der Waals surface area contributed by atoms with Gasteiger partial charge in [0.15, 0.2) is 0 Å². The van der Waals surface area contributed by atoms with E-state index in [-0.39, 0.29) is 0 Å². The van der Waals surface area contributed by atoms with Crippen LogP contribution in [-0.2, 0) is 0 Å². The van der Waals surface area contributed by atoms with Gasteiger partial charge in [-0.05, 0) is 52.7 Å². The zero-order chi connectivity index (χ0) is 10.5. The van der Waals surface area contributed by atoms with E-state index in [9.17, 15) is 4.79 Å². The SMILES string of the molecule is O=C(O)c1sccc1C1CC2(CSC2)C1. The number of rotatable bonds is 2. The Labute approximate surface area is 96.7 Å². The number of thioether (sulfide) groups is 1. The van der Waals surface area contributed by atoms with Crippen LogP contribution < -0.4 is 0 Å². The average molecular weight is 240 g/mol. The molecule has 0 bridgehead atoms. The first-order chi connectivity index (χ1) is 7.20. The van der Waals surface area contributed by atoms with E-state index in [1.54, 1.807) is 0 Å². The lowest BCUT2D eigenvalue weighted by Crippen LogP contribution is -2.46. The van der Waals surface area contributed by atoms with Gasteiger partial charge in [-0.2, -0.15) is 11.8 Å². The number of carbonyl (C=O) groups is 1. The molecule has 15 heavy (non-hydrogen) atoms. The lowest BCUT2D eigenvalue weighted by molar-refractivity contribution is 0.0696. The van der Waals surface area contributed by atoms with E-state index in [1.165, 1.54) is 35.7 Å². The topological polar surface area (TPSA) is 37.3 Å². The second kappa shape index (κ2) is 3.25. The third-order valence-corrected chi connectivity index (χ3v) is 6.06. The second-order valence-electron chi connectivity index (χ2n) is 4.61. The molecule has 2 heterocycles. The lowest BCUT2D eigenvalue weighted by Gasteiger charge is -2.53. The Balaban J connectivity index is 1.77. The van der Waals surface area contributed by atoms with E-state index in [0.29, 0.717) is 16.2 Å². The fourth-order valence-electron chi connectivity index (χ4n) is 2.65. The van der Waals surface area contributed by atoms with Crippen LogP contribution in [0.4, 0.5) is 0 Å². The van der Waals surface area contributed by atoms with Crippen molar-refractivity contribution < 1.29 is 9.90 Å². The van der Waals surface area contributed by atoms with Crippen molar-refractivity contribution in [3.8, 4) is 0 Å². The van der Waals surface area contributed by atoms with Gasteiger partial charge in [0.1, 0.15) is 4.88 Å². The van der Waals surface area contributed by atoms with Crippen molar-refractivity contribution in [1.29, 1.82) is 0 Å². The van der Waals surface area contributed by atoms with Crippen molar-refractivity contribution in [3.63, 3.8) is 0 Å². The molecule has 0 radical (unpaired) electrons. The van der Waals surface area contributed by atoms with Gasteiger partial charge in [-0.15, -0.1) is 11.3 Å². The maximum absolute atomic E-state index is 11.0. The highest BCUT2D eigenvalue weighted by Gasteiger charge is 2.49. The standard InChI is InChI=1S/C11H12O2S2/c12-10(13)9-8(1-2-15-9)7-3-11(4-7)5-14-6-11/h1-2,7H,3-6H2,(H,12,13). The molecule has 1 aromatic rings. The Bertz CT molecular complexity index is 398. The van der Waals surface area contributed by atoms with Crippen molar-refractivity contribution in [3.05, 3.63) is 21.9 Å². The van der Waals surface area contributed by atoms with E-state index >= 15 is 0 Å². The monoisotopic (exact) mass is 240 g/mol. The fraction of sp³-hybridized carbons (Fsp3) is 0.545. The van der Waals surface area contributed by atoms with Gasteiger partial charge in [-0.3, -0.25) is 0 Å². The molecule has 1 saturated heterocycles. The summed E-state index contributed by atoms with van der Waals surface area (Å²) in [6.07, 6.45) is 2.41. The van der Waals surface area contributed by atoms with E-state index in [2.05, 4.69) is 0 Å². The molecule has 2 nitrogen and oxygen atoms in total. The summed E-state index contributed by atoms with van der Waals surface area (Å²) in [5, 5.41) is 10.9. The van der Waals surface area contributed by atoms with Crippen molar-refractivity contribution in [2.45, 2.75) is 18.8 Å². The first kappa shape index (κ1) is 9.73. The number of hydrogen-bond acceptors (Lipinski definition) is 3. The summed E-state index contributed by atoms with van der Waals surface area (Å²) in [5.74, 6) is 2.33. The molecule has 80 valence electrons. The molecule has 3 rings (SSSR count). The summed E-state index contributed by atoms with van der Waals surface area (Å²) < 4.78 is 0. The molecule has 1 N–H and O–H groups in total. The van der Waals surface area contributed by atoms with Crippen LogP contribution in [0.5, 0.6) is 0 Å². The zero-order valence-electron chi connectivity index (χ0n) is 8.23. The summed E-state index contributed by atoms with van der Waals surface area (Å²) >= 11 is 3.37. The molecule has 4 heteroatoms. The number of carboxylic acid groups (broad SMARTS) is 1. The largest absolute Gasteiger partial charge is 0.477 e. The predicted molar refractivity (Wildman–Crippen MR) is 63.0 cm³/mol. The molecule has 1 spiro atoms. The van der Waals surface area contributed by atoms with E-state index in [4.69, 9.17) is 5.11 Å². The van der Waals surface area contributed by atoms with Crippen LogP contribution in [0.15, 0.2) is 11.4 Å². The first-order valence-electron chi connectivity index (χ1n) is 5.09. The normalized spacial score (nSPS) is 23.5. The van der Waals surface area contributed by atoms with Crippen LogP contribution in [0.2, 0.25) is 0 Å². The highest BCUT2D eigenvalue weighted by molar-refractivity contribution is 8.00. The molecule has 2 aliphatic rings. The van der Waals surface area contributed by atoms with Crippen LogP contribution in [0.25, 0.3) is 0 Å². The Hall–Kier alpha value is -0.480. The van der Waals surface area contributed by atoms with Gasteiger partial charge in [0.2, 0.25) is 0 Å². The van der Waals surface area contributed by atoms with Gasteiger partial charge in [0.05, 0.1) is 0 Å². The summed E-state index contributed by atoms with van der Waals surface area (Å²) in [6.45, 7) is 0. The Morgan fingerprint density at radius 1 is 1.47 bits per heavy atom. The lowest BCUT2D eigenvalue weighted by atomic mass is 9.61. The van der Waals surface area contributed by atoms with Gasteiger partial charge >= 0.3 is 5.97 Å². The van der Waals surface area contributed by atoms with Gasteiger partial charge in [0, 0.05) is 0 Å². The molecule has 1 saturated carbocycles. The molecular formula is C11H12O2S2. The second-order valence-corrected chi connectivity index (χ2v) is 6.51. The van der Waals surface area contributed by atoms with Gasteiger partial charge in [0.25, 0.3) is 0 Å². The molecule has 1 aliphatic carbocycles. The molecule has 0 unspecified atom stereocenters. The van der Waals surface area contributed by atoms with Crippen LogP contribution >= 0.6 is 23.1 Å². The van der Waals surface area contributed by atoms with E-state index < -0.39 is 5.97 Å². The predicted octanol–water partition coefficient (Wildman–Crippen LogP) is 3.06. The molecule has 1 aromatic heterocycles. The van der Waals surface area contributed by atoms with Gasteiger partial charge in [-0.1, -0.05) is 0 Å². The molecule has 1 aliphatic heterocycles. The quantitative estimate of drug-likeness (QED) is 0.863. The minimum atomic E-state index is -0.760. The molecule has 0 amide bonds. The van der Waals surface area contributed by atoms with Crippen molar-refractivity contribution >= 4 is 29.1 Å². The van der Waals surface area contributed by atoms with Gasteiger partial charge < -0.3 is 5.11 Å². The third-order valence-electron chi connectivity index (χ3n) is 3.51. The molecular weight excluding hydrogens is 228 g/mol. The highest BCUT2D eigenvalue weighted by atomic mass is 32.2. The molecule has 0 atom stereocenters. The summed E-state index contributed by atoms with van der Waals surface area (Å²) in [5.41, 5.74) is 1.67. The molecule has 2 fully saturated rings. The minimum absolute atomic E-state index is 0.517. The van der Waals surface area contributed by atoms with Crippen LogP contribution in [0, 0.1) is 5.41 Å². The summed E-state index contributed by atoms with van der Waals surface area (Å²) in [6, 6.07) is 2.00. The van der Waals surface area contributed by atoms with Gasteiger partial charge in [-0.25, -0.2) is 4.79 Å².